The molecule has 4 heterocycles. The first-order valence-electron chi connectivity index (χ1n) is 10.2. The summed E-state index contributed by atoms with van der Waals surface area (Å²) in [6.45, 7) is 3.55. The van der Waals surface area contributed by atoms with E-state index in [2.05, 4.69) is 19.8 Å². The average molecular weight is 432 g/mol. The van der Waals surface area contributed by atoms with Crippen LogP contribution in [0.15, 0.2) is 12.4 Å². The Morgan fingerprint density at radius 2 is 1.80 bits per heavy atom. The summed E-state index contributed by atoms with van der Waals surface area (Å²) in [7, 11) is -3.00. The standard InChI is InChI=1S/C19H25N7O3S/c1-30(27,28)14-8-13(9-14)26-3-2-15-16(12-10-21-18(20)22-11-12)23-19(24-17(15)26)25-4-6-29-7-5-25/h10-11,13-14H,2-9H2,1H3,(H2,20,21,22)/t13-,14-. The van der Waals surface area contributed by atoms with Crippen molar-refractivity contribution in [2.75, 3.05) is 54.6 Å². The SMILES string of the molecule is CS(=O)(=O)[C@H]1C[C@H](N2CCc3c(-c4cnc(N)nc4)nc(N4CCOCC4)nc32)C1. The Labute approximate surface area is 175 Å². The number of nitrogens with zero attached hydrogens (tertiary/aromatic N) is 6. The van der Waals surface area contributed by atoms with Crippen molar-refractivity contribution in [3.8, 4) is 11.3 Å². The Morgan fingerprint density at radius 3 is 2.47 bits per heavy atom. The van der Waals surface area contributed by atoms with Crippen LogP contribution in [0, 0.1) is 0 Å². The molecule has 0 amide bonds. The van der Waals surface area contributed by atoms with E-state index in [1.165, 1.54) is 6.26 Å². The fraction of sp³-hybridized carbons (Fsp3) is 0.579. The van der Waals surface area contributed by atoms with Gasteiger partial charge in [-0.3, -0.25) is 0 Å². The first-order valence-corrected chi connectivity index (χ1v) is 12.1. The summed E-state index contributed by atoms with van der Waals surface area (Å²) in [6.07, 6.45) is 6.81. The van der Waals surface area contributed by atoms with Crippen LogP contribution >= 0.6 is 0 Å². The molecular formula is C19H25N7O3S. The molecule has 10 nitrogen and oxygen atoms in total. The van der Waals surface area contributed by atoms with Gasteiger partial charge in [-0.25, -0.2) is 23.4 Å². The van der Waals surface area contributed by atoms with E-state index in [4.69, 9.17) is 20.4 Å². The largest absolute Gasteiger partial charge is 0.378 e. The van der Waals surface area contributed by atoms with Gasteiger partial charge >= 0.3 is 0 Å². The molecule has 2 N–H and O–H groups in total. The lowest BCUT2D eigenvalue weighted by Gasteiger charge is -2.41. The minimum atomic E-state index is -3.00. The van der Waals surface area contributed by atoms with Gasteiger partial charge in [-0.2, -0.15) is 4.98 Å². The smallest absolute Gasteiger partial charge is 0.228 e. The second kappa shape index (κ2) is 7.31. The molecule has 1 aliphatic carbocycles. The van der Waals surface area contributed by atoms with Crippen molar-refractivity contribution in [3.63, 3.8) is 0 Å². The Morgan fingerprint density at radius 1 is 1.10 bits per heavy atom. The number of morpholine rings is 1. The van der Waals surface area contributed by atoms with Gasteiger partial charge in [-0.15, -0.1) is 0 Å². The summed E-state index contributed by atoms with van der Waals surface area (Å²) in [4.78, 5) is 22.4. The van der Waals surface area contributed by atoms with Gasteiger partial charge < -0.3 is 20.3 Å². The van der Waals surface area contributed by atoms with Crippen LogP contribution in [0.3, 0.4) is 0 Å². The van der Waals surface area contributed by atoms with Crippen LogP contribution in [-0.2, 0) is 21.0 Å². The zero-order valence-corrected chi connectivity index (χ0v) is 17.7. The maximum Gasteiger partial charge on any atom is 0.228 e. The van der Waals surface area contributed by atoms with Crippen LogP contribution in [0.1, 0.15) is 18.4 Å². The normalized spacial score (nSPS) is 23.9. The van der Waals surface area contributed by atoms with E-state index in [9.17, 15) is 8.42 Å². The zero-order valence-electron chi connectivity index (χ0n) is 16.9. The van der Waals surface area contributed by atoms with E-state index in [1.54, 1.807) is 12.4 Å². The fourth-order valence-electron chi connectivity index (χ4n) is 4.37. The topological polar surface area (TPSA) is 127 Å². The van der Waals surface area contributed by atoms with Crippen molar-refractivity contribution < 1.29 is 13.2 Å². The van der Waals surface area contributed by atoms with Gasteiger partial charge in [0, 0.05) is 55.5 Å². The molecule has 30 heavy (non-hydrogen) atoms. The number of hydrogen-bond donors (Lipinski definition) is 1. The molecule has 5 rings (SSSR count). The summed E-state index contributed by atoms with van der Waals surface area (Å²) in [5, 5.41) is -0.253. The molecule has 0 aromatic carbocycles. The maximum atomic E-state index is 11.9. The molecule has 1 saturated heterocycles. The number of ether oxygens (including phenoxy) is 1. The Kier molecular flexibility index (Phi) is 4.73. The zero-order chi connectivity index (χ0) is 20.9. The van der Waals surface area contributed by atoms with Crippen molar-refractivity contribution in [2.45, 2.75) is 30.6 Å². The summed E-state index contributed by atoms with van der Waals surface area (Å²) in [5.41, 5.74) is 8.35. The van der Waals surface area contributed by atoms with Crippen LogP contribution < -0.4 is 15.5 Å². The molecule has 11 heteroatoms. The number of sulfone groups is 1. The Hall–Kier alpha value is -2.53. The van der Waals surface area contributed by atoms with E-state index >= 15 is 0 Å². The number of hydrogen-bond acceptors (Lipinski definition) is 10. The number of nitrogens with two attached hydrogens (primary N) is 1. The van der Waals surface area contributed by atoms with Crippen molar-refractivity contribution in [1.29, 1.82) is 0 Å². The molecule has 2 aromatic heterocycles. The van der Waals surface area contributed by atoms with Gasteiger partial charge in [0.25, 0.3) is 0 Å². The molecule has 1 saturated carbocycles. The van der Waals surface area contributed by atoms with Crippen LogP contribution in [-0.4, -0.2) is 78.7 Å². The lowest BCUT2D eigenvalue weighted by molar-refractivity contribution is 0.122. The van der Waals surface area contributed by atoms with Crippen LogP contribution in [0.4, 0.5) is 17.7 Å². The number of aromatic nitrogens is 4. The molecule has 2 aromatic rings. The molecule has 3 aliphatic rings. The first kappa shape index (κ1) is 19.4. The summed E-state index contributed by atoms with van der Waals surface area (Å²) >= 11 is 0. The first-order chi connectivity index (χ1) is 14.4. The fourth-order valence-corrected chi connectivity index (χ4v) is 5.51. The Balaban J connectivity index is 1.52. The molecule has 0 unspecified atom stereocenters. The third-order valence-electron chi connectivity index (χ3n) is 6.20. The molecule has 0 atom stereocenters. The monoisotopic (exact) mass is 431 g/mol. The van der Waals surface area contributed by atoms with Gasteiger partial charge in [0.1, 0.15) is 15.7 Å². The van der Waals surface area contributed by atoms with Crippen LogP contribution in [0.2, 0.25) is 0 Å². The van der Waals surface area contributed by atoms with Crippen LogP contribution in [0.25, 0.3) is 11.3 Å². The summed E-state index contributed by atoms with van der Waals surface area (Å²) < 4.78 is 29.2. The lowest BCUT2D eigenvalue weighted by Crippen LogP contribution is -2.49. The molecule has 2 aliphatic heterocycles. The number of rotatable bonds is 4. The van der Waals surface area contributed by atoms with E-state index < -0.39 is 9.84 Å². The van der Waals surface area contributed by atoms with Gasteiger partial charge in [0.2, 0.25) is 11.9 Å². The maximum absolute atomic E-state index is 11.9. The number of nitrogen functional groups attached to an aromatic ring is 1. The third kappa shape index (κ3) is 3.45. The average Bonchev–Trinajstić information content (AvgIpc) is 3.10. The van der Waals surface area contributed by atoms with E-state index in [0.717, 1.165) is 48.7 Å². The highest BCUT2D eigenvalue weighted by atomic mass is 32.2. The third-order valence-corrected chi connectivity index (χ3v) is 7.80. The highest BCUT2D eigenvalue weighted by molar-refractivity contribution is 7.91. The molecule has 0 spiro atoms. The molecule has 2 fully saturated rings. The highest BCUT2D eigenvalue weighted by Gasteiger charge is 2.42. The second-order valence-electron chi connectivity index (χ2n) is 8.12. The van der Waals surface area contributed by atoms with Gasteiger partial charge in [0.05, 0.1) is 24.2 Å². The highest BCUT2D eigenvalue weighted by Crippen LogP contribution is 2.41. The van der Waals surface area contributed by atoms with Crippen molar-refractivity contribution in [3.05, 3.63) is 18.0 Å². The minimum Gasteiger partial charge on any atom is -0.378 e. The van der Waals surface area contributed by atoms with Gasteiger partial charge in [0.15, 0.2) is 0 Å². The van der Waals surface area contributed by atoms with Gasteiger partial charge in [-0.1, -0.05) is 0 Å². The van der Waals surface area contributed by atoms with Crippen LogP contribution in [0.5, 0.6) is 0 Å². The Bertz CT molecular complexity index is 1050. The van der Waals surface area contributed by atoms with E-state index in [1.807, 2.05) is 0 Å². The number of fused-ring (bicyclic) bond motifs is 1. The quantitative estimate of drug-likeness (QED) is 0.721. The second-order valence-corrected chi connectivity index (χ2v) is 10.4. The molecular weight excluding hydrogens is 406 g/mol. The molecule has 0 bridgehead atoms. The van der Waals surface area contributed by atoms with Gasteiger partial charge in [-0.05, 0) is 19.3 Å². The predicted octanol–water partition coefficient (Wildman–Crippen LogP) is 0.291. The van der Waals surface area contributed by atoms with Crippen molar-refractivity contribution >= 4 is 27.6 Å². The molecule has 0 radical (unpaired) electrons. The van der Waals surface area contributed by atoms with E-state index in [0.29, 0.717) is 32.0 Å². The predicted molar refractivity (Wildman–Crippen MR) is 113 cm³/mol. The van der Waals surface area contributed by atoms with Crippen molar-refractivity contribution in [2.24, 2.45) is 0 Å². The van der Waals surface area contributed by atoms with E-state index in [-0.39, 0.29) is 17.2 Å². The minimum absolute atomic E-state index is 0.189. The van der Waals surface area contributed by atoms with Crippen molar-refractivity contribution in [1.82, 2.24) is 19.9 Å². The summed E-state index contributed by atoms with van der Waals surface area (Å²) in [5.74, 6) is 1.78. The summed E-state index contributed by atoms with van der Waals surface area (Å²) in [6, 6.07) is 0.189. The molecule has 160 valence electrons. The lowest BCUT2D eigenvalue weighted by atomic mass is 9.91. The number of anilines is 3.